The molecule has 1 saturated carbocycles. The molecule has 84 valence electrons. The molecule has 2 unspecified atom stereocenters. The minimum absolute atomic E-state index is 0.125. The van der Waals surface area contributed by atoms with Gasteiger partial charge in [0.15, 0.2) is 0 Å². The molecule has 2 atom stereocenters. The zero-order valence-electron chi connectivity index (χ0n) is 8.70. The zero-order chi connectivity index (χ0) is 10.6. The molecule has 14 heavy (non-hydrogen) atoms. The van der Waals surface area contributed by atoms with Crippen molar-refractivity contribution in [3.05, 3.63) is 0 Å². The summed E-state index contributed by atoms with van der Waals surface area (Å²) in [6.45, 7) is 2.54. The Bertz CT molecular complexity index is 264. The van der Waals surface area contributed by atoms with Gasteiger partial charge < -0.3 is 5.73 Å². The number of nitrogens with one attached hydrogen (secondary N) is 1. The van der Waals surface area contributed by atoms with Crippen molar-refractivity contribution in [3.63, 3.8) is 0 Å². The molecule has 1 fully saturated rings. The van der Waals surface area contributed by atoms with Crippen LogP contribution in [-0.2, 0) is 10.0 Å². The molecular weight excluding hydrogens is 200 g/mol. The second-order valence-corrected chi connectivity index (χ2v) is 5.92. The quantitative estimate of drug-likeness (QED) is 0.706. The highest BCUT2D eigenvalue weighted by Crippen LogP contribution is 2.24. The van der Waals surface area contributed by atoms with Crippen LogP contribution in [0.1, 0.15) is 32.6 Å². The van der Waals surface area contributed by atoms with E-state index in [-0.39, 0.29) is 11.8 Å². The maximum absolute atomic E-state index is 11.4. The van der Waals surface area contributed by atoms with Gasteiger partial charge in [0, 0.05) is 6.04 Å². The van der Waals surface area contributed by atoms with Crippen molar-refractivity contribution in [3.8, 4) is 0 Å². The van der Waals surface area contributed by atoms with Crippen LogP contribution in [0, 0.1) is 5.92 Å². The van der Waals surface area contributed by atoms with E-state index >= 15 is 0 Å². The van der Waals surface area contributed by atoms with Crippen molar-refractivity contribution < 1.29 is 8.42 Å². The number of hydrogen-bond donors (Lipinski definition) is 2. The molecule has 0 radical (unpaired) electrons. The highest BCUT2D eigenvalue weighted by molar-refractivity contribution is 7.89. The smallest absolute Gasteiger partial charge is 0.211 e. The van der Waals surface area contributed by atoms with Crippen molar-refractivity contribution in [2.75, 3.05) is 12.3 Å². The maximum Gasteiger partial charge on any atom is 0.211 e. The van der Waals surface area contributed by atoms with Crippen LogP contribution in [-0.4, -0.2) is 26.8 Å². The standard InChI is InChI=1S/C9H20N2O2S/c1-2-5-14(12,13)11-9-4-3-8(6-9)7-10/h8-9,11H,2-7,10H2,1H3. The number of rotatable bonds is 5. The van der Waals surface area contributed by atoms with Crippen molar-refractivity contribution in [1.82, 2.24) is 4.72 Å². The fourth-order valence-electron chi connectivity index (χ4n) is 1.98. The van der Waals surface area contributed by atoms with E-state index in [1.807, 2.05) is 6.92 Å². The summed E-state index contributed by atoms with van der Waals surface area (Å²) in [5, 5.41) is 0. The highest BCUT2D eigenvalue weighted by atomic mass is 32.2. The number of nitrogens with two attached hydrogens (primary N) is 1. The summed E-state index contributed by atoms with van der Waals surface area (Å²) in [5.74, 6) is 0.737. The summed E-state index contributed by atoms with van der Waals surface area (Å²) in [4.78, 5) is 0. The fourth-order valence-corrected chi connectivity index (χ4v) is 3.35. The van der Waals surface area contributed by atoms with E-state index in [0.29, 0.717) is 18.9 Å². The molecule has 1 rings (SSSR count). The summed E-state index contributed by atoms with van der Waals surface area (Å²) in [7, 11) is -3.04. The van der Waals surface area contributed by atoms with Crippen LogP contribution in [0.5, 0.6) is 0 Å². The molecule has 0 aromatic rings. The van der Waals surface area contributed by atoms with Crippen LogP contribution in [0.2, 0.25) is 0 Å². The lowest BCUT2D eigenvalue weighted by molar-refractivity contribution is 0.522. The van der Waals surface area contributed by atoms with Crippen LogP contribution in [0.15, 0.2) is 0 Å². The third-order valence-corrected chi connectivity index (χ3v) is 4.33. The second-order valence-electron chi connectivity index (χ2n) is 4.05. The molecule has 0 aromatic carbocycles. The van der Waals surface area contributed by atoms with Crippen molar-refractivity contribution in [1.29, 1.82) is 0 Å². The molecule has 0 saturated heterocycles. The zero-order valence-corrected chi connectivity index (χ0v) is 9.52. The van der Waals surface area contributed by atoms with Gasteiger partial charge in [-0.2, -0.15) is 0 Å². The lowest BCUT2D eigenvalue weighted by atomic mass is 10.1. The predicted molar refractivity (Wildman–Crippen MR) is 57.4 cm³/mol. The highest BCUT2D eigenvalue weighted by Gasteiger charge is 2.26. The lowest BCUT2D eigenvalue weighted by Crippen LogP contribution is -2.34. The fraction of sp³-hybridized carbons (Fsp3) is 1.00. The Morgan fingerprint density at radius 1 is 1.43 bits per heavy atom. The van der Waals surface area contributed by atoms with E-state index in [4.69, 9.17) is 5.73 Å². The lowest BCUT2D eigenvalue weighted by Gasteiger charge is -2.12. The Morgan fingerprint density at radius 2 is 2.14 bits per heavy atom. The van der Waals surface area contributed by atoms with Gasteiger partial charge in [0.1, 0.15) is 0 Å². The minimum Gasteiger partial charge on any atom is -0.330 e. The topological polar surface area (TPSA) is 72.2 Å². The van der Waals surface area contributed by atoms with Gasteiger partial charge in [-0.3, -0.25) is 0 Å². The Morgan fingerprint density at radius 3 is 2.64 bits per heavy atom. The van der Waals surface area contributed by atoms with Crippen LogP contribution >= 0.6 is 0 Å². The monoisotopic (exact) mass is 220 g/mol. The summed E-state index contributed by atoms with van der Waals surface area (Å²) >= 11 is 0. The molecule has 1 aliphatic carbocycles. The van der Waals surface area contributed by atoms with Gasteiger partial charge >= 0.3 is 0 Å². The van der Waals surface area contributed by atoms with E-state index in [1.165, 1.54) is 0 Å². The van der Waals surface area contributed by atoms with Crippen LogP contribution in [0.4, 0.5) is 0 Å². The number of sulfonamides is 1. The molecule has 0 heterocycles. The summed E-state index contributed by atoms with van der Waals surface area (Å²) in [5.41, 5.74) is 5.54. The van der Waals surface area contributed by atoms with Gasteiger partial charge in [0.25, 0.3) is 0 Å². The van der Waals surface area contributed by atoms with Crippen molar-refractivity contribution >= 4 is 10.0 Å². The van der Waals surface area contributed by atoms with Gasteiger partial charge in [-0.1, -0.05) is 6.92 Å². The van der Waals surface area contributed by atoms with Gasteiger partial charge in [-0.25, -0.2) is 13.1 Å². The third-order valence-electron chi connectivity index (χ3n) is 2.69. The van der Waals surface area contributed by atoms with Gasteiger partial charge in [0.05, 0.1) is 5.75 Å². The molecule has 0 bridgehead atoms. The molecule has 1 aliphatic rings. The number of hydrogen-bond acceptors (Lipinski definition) is 3. The minimum atomic E-state index is -3.04. The van der Waals surface area contributed by atoms with E-state index < -0.39 is 10.0 Å². The summed E-state index contributed by atoms with van der Waals surface area (Å²) in [6, 6.07) is 0.125. The largest absolute Gasteiger partial charge is 0.330 e. The first-order valence-electron chi connectivity index (χ1n) is 5.27. The Kier molecular flexibility index (Phi) is 4.34. The molecule has 5 heteroatoms. The molecule has 0 spiro atoms. The van der Waals surface area contributed by atoms with Crippen molar-refractivity contribution in [2.24, 2.45) is 11.7 Å². The van der Waals surface area contributed by atoms with Gasteiger partial charge in [-0.05, 0) is 38.1 Å². The third kappa shape index (κ3) is 3.55. The van der Waals surface area contributed by atoms with Gasteiger partial charge in [0.2, 0.25) is 10.0 Å². The van der Waals surface area contributed by atoms with Crippen LogP contribution in [0.3, 0.4) is 0 Å². The molecular formula is C9H20N2O2S. The predicted octanol–water partition coefficient (Wildman–Crippen LogP) is 0.443. The first-order chi connectivity index (χ1) is 6.57. The Balaban J connectivity index is 2.39. The first kappa shape index (κ1) is 11.9. The van der Waals surface area contributed by atoms with E-state index in [1.54, 1.807) is 0 Å². The average molecular weight is 220 g/mol. The van der Waals surface area contributed by atoms with Gasteiger partial charge in [-0.15, -0.1) is 0 Å². The summed E-state index contributed by atoms with van der Waals surface area (Å²) < 4.78 is 25.6. The Hall–Kier alpha value is -0.130. The van der Waals surface area contributed by atoms with E-state index in [0.717, 1.165) is 19.3 Å². The van der Waals surface area contributed by atoms with E-state index in [9.17, 15) is 8.42 Å². The molecule has 0 aliphatic heterocycles. The first-order valence-corrected chi connectivity index (χ1v) is 6.92. The molecule has 4 nitrogen and oxygen atoms in total. The molecule has 3 N–H and O–H groups in total. The molecule has 0 amide bonds. The Labute approximate surface area is 86.3 Å². The van der Waals surface area contributed by atoms with Crippen molar-refractivity contribution in [2.45, 2.75) is 38.6 Å². The van der Waals surface area contributed by atoms with E-state index in [2.05, 4.69) is 4.72 Å². The molecule has 0 aromatic heterocycles. The SMILES string of the molecule is CCCS(=O)(=O)NC1CCC(CN)C1. The van der Waals surface area contributed by atoms with Crippen LogP contribution < -0.4 is 10.5 Å². The van der Waals surface area contributed by atoms with Crippen LogP contribution in [0.25, 0.3) is 0 Å². The maximum atomic E-state index is 11.4. The summed E-state index contributed by atoms with van der Waals surface area (Å²) in [6.07, 6.45) is 3.56. The average Bonchev–Trinajstić information content (AvgIpc) is 2.51. The normalized spacial score (nSPS) is 28.1. The second kappa shape index (κ2) is 5.09.